The molecule has 0 radical (unpaired) electrons. The molecule has 0 bridgehead atoms. The minimum Gasteiger partial charge on any atom is -0.497 e. The van der Waals surface area contributed by atoms with Crippen LogP contribution in [0, 0.1) is 0 Å². The van der Waals surface area contributed by atoms with E-state index in [1.807, 2.05) is 6.07 Å². The van der Waals surface area contributed by atoms with Gasteiger partial charge in [-0.05, 0) is 38.3 Å². The van der Waals surface area contributed by atoms with Gasteiger partial charge in [-0.15, -0.1) is 0 Å². The van der Waals surface area contributed by atoms with Crippen molar-refractivity contribution in [3.05, 3.63) is 24.3 Å². The molecule has 1 atom stereocenters. The van der Waals surface area contributed by atoms with E-state index in [9.17, 15) is 0 Å². The molecule has 0 N–H and O–H groups in total. The lowest BCUT2D eigenvalue weighted by Crippen LogP contribution is -2.37. The highest BCUT2D eigenvalue weighted by atomic mass is 16.5. The zero-order valence-corrected chi connectivity index (χ0v) is 9.57. The van der Waals surface area contributed by atoms with E-state index in [0.29, 0.717) is 6.04 Å². The van der Waals surface area contributed by atoms with Crippen LogP contribution in [0.2, 0.25) is 0 Å². The minimum atomic E-state index is 0.658. The molecule has 2 nitrogen and oxygen atoms in total. The quantitative estimate of drug-likeness (QED) is 0.735. The third kappa shape index (κ3) is 2.25. The molecule has 15 heavy (non-hydrogen) atoms. The molecule has 1 saturated heterocycles. The van der Waals surface area contributed by atoms with Crippen molar-refractivity contribution in [2.45, 2.75) is 32.2 Å². The van der Waals surface area contributed by atoms with E-state index in [1.165, 1.54) is 31.5 Å². The van der Waals surface area contributed by atoms with Gasteiger partial charge in [-0.2, -0.15) is 0 Å². The molecule has 82 valence electrons. The zero-order chi connectivity index (χ0) is 10.7. The van der Waals surface area contributed by atoms with Crippen LogP contribution in [0.3, 0.4) is 0 Å². The summed E-state index contributed by atoms with van der Waals surface area (Å²) in [5.74, 6) is 0.949. The minimum absolute atomic E-state index is 0.658. The monoisotopic (exact) mass is 205 g/mol. The highest BCUT2D eigenvalue weighted by Crippen LogP contribution is 2.27. The van der Waals surface area contributed by atoms with E-state index in [2.05, 4.69) is 30.0 Å². The van der Waals surface area contributed by atoms with E-state index in [0.717, 1.165) is 5.75 Å². The van der Waals surface area contributed by atoms with Crippen LogP contribution in [0.15, 0.2) is 24.3 Å². The Labute approximate surface area is 91.9 Å². The molecule has 0 saturated carbocycles. The normalized spacial score (nSPS) is 21.5. The molecule has 2 rings (SSSR count). The first kappa shape index (κ1) is 10.3. The Morgan fingerprint density at radius 2 is 2.20 bits per heavy atom. The van der Waals surface area contributed by atoms with Crippen molar-refractivity contribution < 1.29 is 4.74 Å². The summed E-state index contributed by atoms with van der Waals surface area (Å²) < 4.78 is 5.25. The van der Waals surface area contributed by atoms with Gasteiger partial charge >= 0.3 is 0 Å². The fraction of sp³-hybridized carbons (Fsp3) is 0.538. The summed E-state index contributed by atoms with van der Waals surface area (Å²) in [5.41, 5.74) is 1.29. The lowest BCUT2D eigenvalue weighted by Gasteiger charge is -2.35. The smallest absolute Gasteiger partial charge is 0.120 e. The van der Waals surface area contributed by atoms with Crippen molar-refractivity contribution in [1.29, 1.82) is 0 Å². The van der Waals surface area contributed by atoms with Gasteiger partial charge in [-0.1, -0.05) is 6.07 Å². The van der Waals surface area contributed by atoms with Crippen molar-refractivity contribution in [2.24, 2.45) is 0 Å². The molecule has 0 aromatic heterocycles. The Bertz CT molecular complexity index is 324. The van der Waals surface area contributed by atoms with Crippen LogP contribution in [0.4, 0.5) is 5.69 Å². The summed E-state index contributed by atoms with van der Waals surface area (Å²) in [6, 6.07) is 9.02. The third-order valence-electron chi connectivity index (χ3n) is 3.19. The number of hydrogen-bond donors (Lipinski definition) is 0. The Morgan fingerprint density at radius 3 is 2.93 bits per heavy atom. The molecule has 1 aliphatic heterocycles. The van der Waals surface area contributed by atoms with Crippen LogP contribution < -0.4 is 9.64 Å². The first-order valence-corrected chi connectivity index (χ1v) is 5.72. The van der Waals surface area contributed by atoms with Gasteiger partial charge in [0.15, 0.2) is 0 Å². The number of hydrogen-bond acceptors (Lipinski definition) is 2. The fourth-order valence-electron chi connectivity index (χ4n) is 2.27. The number of rotatable bonds is 2. The van der Waals surface area contributed by atoms with Crippen molar-refractivity contribution in [3.8, 4) is 5.75 Å². The van der Waals surface area contributed by atoms with E-state index in [4.69, 9.17) is 4.74 Å². The third-order valence-corrected chi connectivity index (χ3v) is 3.19. The van der Waals surface area contributed by atoms with Crippen LogP contribution >= 0.6 is 0 Å². The summed E-state index contributed by atoms with van der Waals surface area (Å²) in [7, 11) is 1.72. The summed E-state index contributed by atoms with van der Waals surface area (Å²) >= 11 is 0. The maximum atomic E-state index is 5.25. The van der Waals surface area contributed by atoms with Gasteiger partial charge in [0.05, 0.1) is 7.11 Å². The second-order valence-corrected chi connectivity index (χ2v) is 4.24. The average molecular weight is 205 g/mol. The van der Waals surface area contributed by atoms with Crippen molar-refractivity contribution in [3.63, 3.8) is 0 Å². The molecule has 0 amide bonds. The summed E-state index contributed by atoms with van der Waals surface area (Å²) in [4.78, 5) is 2.48. The Hall–Kier alpha value is -1.18. The van der Waals surface area contributed by atoms with E-state index >= 15 is 0 Å². The van der Waals surface area contributed by atoms with Crippen LogP contribution in [0.25, 0.3) is 0 Å². The molecule has 2 heteroatoms. The van der Waals surface area contributed by atoms with Gasteiger partial charge in [0, 0.05) is 24.3 Å². The molecule has 1 fully saturated rings. The highest BCUT2D eigenvalue weighted by molar-refractivity contribution is 5.51. The van der Waals surface area contributed by atoms with Gasteiger partial charge in [-0.25, -0.2) is 0 Å². The number of ether oxygens (including phenoxy) is 1. The van der Waals surface area contributed by atoms with Crippen molar-refractivity contribution in [2.75, 3.05) is 18.6 Å². The average Bonchev–Trinajstić information content (AvgIpc) is 2.30. The summed E-state index contributed by atoms with van der Waals surface area (Å²) in [5, 5.41) is 0. The number of nitrogens with zero attached hydrogens (tertiary/aromatic N) is 1. The van der Waals surface area contributed by atoms with Crippen LogP contribution in [0.5, 0.6) is 5.75 Å². The van der Waals surface area contributed by atoms with Gasteiger partial charge in [-0.3, -0.25) is 0 Å². The van der Waals surface area contributed by atoms with Crippen molar-refractivity contribution in [1.82, 2.24) is 0 Å². The molecule has 1 heterocycles. The predicted octanol–water partition coefficient (Wildman–Crippen LogP) is 3.07. The number of benzene rings is 1. The predicted molar refractivity (Wildman–Crippen MR) is 63.7 cm³/mol. The standard InChI is InChI=1S/C13H19NO/c1-11-6-3-4-9-14(11)12-7-5-8-13(10-12)15-2/h5,7-8,10-11H,3-4,6,9H2,1-2H3. The highest BCUT2D eigenvalue weighted by Gasteiger charge is 2.18. The van der Waals surface area contributed by atoms with Crippen molar-refractivity contribution >= 4 is 5.69 Å². The number of anilines is 1. The summed E-state index contributed by atoms with van der Waals surface area (Å²) in [6.45, 7) is 3.48. The number of methoxy groups -OCH3 is 1. The molecule has 1 unspecified atom stereocenters. The Morgan fingerprint density at radius 1 is 1.33 bits per heavy atom. The SMILES string of the molecule is COc1cccc(N2CCCCC2C)c1. The second kappa shape index (κ2) is 4.56. The molecular weight excluding hydrogens is 186 g/mol. The van der Waals surface area contributed by atoms with E-state index in [-0.39, 0.29) is 0 Å². The molecule has 1 aliphatic rings. The first-order valence-electron chi connectivity index (χ1n) is 5.72. The van der Waals surface area contributed by atoms with Gasteiger partial charge in [0.1, 0.15) is 5.75 Å². The molecular formula is C13H19NO. The Balaban J connectivity index is 2.19. The fourth-order valence-corrected chi connectivity index (χ4v) is 2.27. The maximum Gasteiger partial charge on any atom is 0.120 e. The second-order valence-electron chi connectivity index (χ2n) is 4.24. The van der Waals surface area contributed by atoms with Crippen LogP contribution in [-0.2, 0) is 0 Å². The zero-order valence-electron chi connectivity index (χ0n) is 9.57. The first-order chi connectivity index (χ1) is 7.31. The van der Waals surface area contributed by atoms with Crippen LogP contribution in [0.1, 0.15) is 26.2 Å². The van der Waals surface area contributed by atoms with Gasteiger partial charge in [0.2, 0.25) is 0 Å². The van der Waals surface area contributed by atoms with E-state index in [1.54, 1.807) is 7.11 Å². The topological polar surface area (TPSA) is 12.5 Å². The van der Waals surface area contributed by atoms with Crippen LogP contribution in [-0.4, -0.2) is 19.7 Å². The molecule has 1 aromatic carbocycles. The lowest BCUT2D eigenvalue weighted by atomic mass is 10.0. The summed E-state index contributed by atoms with van der Waals surface area (Å²) in [6.07, 6.45) is 3.97. The lowest BCUT2D eigenvalue weighted by molar-refractivity contribution is 0.414. The molecule has 0 aliphatic carbocycles. The molecule has 0 spiro atoms. The Kier molecular flexibility index (Phi) is 3.14. The number of piperidine rings is 1. The molecule has 1 aromatic rings. The van der Waals surface area contributed by atoms with Gasteiger partial charge in [0.25, 0.3) is 0 Å². The maximum absolute atomic E-state index is 5.25. The van der Waals surface area contributed by atoms with E-state index < -0.39 is 0 Å². The van der Waals surface area contributed by atoms with Gasteiger partial charge < -0.3 is 9.64 Å². The largest absolute Gasteiger partial charge is 0.497 e.